The number of anilines is 2. The maximum Gasteiger partial charge on any atom is 0.306 e. The second-order valence-corrected chi connectivity index (χ2v) is 11.1. The summed E-state index contributed by atoms with van der Waals surface area (Å²) in [6.45, 7) is 6.75. The van der Waals surface area contributed by atoms with Crippen LogP contribution in [0.3, 0.4) is 0 Å². The number of nitrogens with one attached hydrogen (secondary N) is 1. The van der Waals surface area contributed by atoms with E-state index < -0.39 is 10.1 Å². The Kier molecular flexibility index (Phi) is 5.32. The molecule has 2 aliphatic heterocycles. The van der Waals surface area contributed by atoms with E-state index in [2.05, 4.69) is 30.1 Å². The lowest BCUT2D eigenvalue weighted by Gasteiger charge is -2.33. The molecule has 6 nitrogen and oxygen atoms in total. The van der Waals surface area contributed by atoms with Crippen LogP contribution in [0.2, 0.25) is 0 Å². The highest BCUT2D eigenvalue weighted by Gasteiger charge is 2.37. The van der Waals surface area contributed by atoms with Gasteiger partial charge in [0, 0.05) is 40.8 Å². The molecule has 0 saturated carbocycles. The van der Waals surface area contributed by atoms with Crippen molar-refractivity contribution in [1.82, 2.24) is 0 Å². The molecule has 2 heterocycles. The molecule has 3 aromatic carbocycles. The molecule has 0 atom stereocenters. The van der Waals surface area contributed by atoms with Crippen molar-refractivity contribution in [2.75, 3.05) is 23.6 Å². The summed E-state index contributed by atoms with van der Waals surface area (Å²) in [5.74, 6) is 0.403. The van der Waals surface area contributed by atoms with Crippen molar-refractivity contribution < 1.29 is 21.7 Å². The van der Waals surface area contributed by atoms with Crippen LogP contribution in [-0.2, 0) is 16.7 Å². The van der Waals surface area contributed by atoms with Crippen molar-refractivity contribution in [2.45, 2.75) is 32.9 Å². The van der Waals surface area contributed by atoms with Crippen molar-refractivity contribution in [1.29, 1.82) is 0 Å². The highest BCUT2D eigenvalue weighted by atomic mass is 32.2. The summed E-state index contributed by atoms with van der Waals surface area (Å²) in [5.41, 5.74) is 7.49. The Labute approximate surface area is 205 Å². The van der Waals surface area contributed by atoms with Gasteiger partial charge in [0.05, 0.1) is 18.9 Å². The summed E-state index contributed by atoms with van der Waals surface area (Å²) in [6, 6.07) is 13.9. The van der Waals surface area contributed by atoms with Gasteiger partial charge in [0.25, 0.3) is 0 Å². The van der Waals surface area contributed by atoms with Gasteiger partial charge in [-0.25, -0.2) is 4.39 Å². The van der Waals surface area contributed by atoms with Gasteiger partial charge in [-0.1, -0.05) is 12.1 Å². The lowest BCUT2D eigenvalue weighted by Crippen LogP contribution is -2.33. The first kappa shape index (κ1) is 23.2. The fourth-order valence-corrected chi connectivity index (χ4v) is 5.38. The van der Waals surface area contributed by atoms with Crippen LogP contribution in [0.15, 0.2) is 54.6 Å². The van der Waals surface area contributed by atoms with Gasteiger partial charge in [-0.05, 0) is 73.9 Å². The number of hydrogen-bond acceptors (Lipinski definition) is 6. The molecule has 182 valence electrons. The molecule has 35 heavy (non-hydrogen) atoms. The van der Waals surface area contributed by atoms with Crippen molar-refractivity contribution >= 4 is 27.2 Å². The van der Waals surface area contributed by atoms with Crippen LogP contribution in [0, 0.1) is 12.7 Å². The number of benzene rings is 3. The molecule has 1 N–H and O–H groups in total. The molecule has 0 saturated heterocycles. The molecule has 0 radical (unpaired) electrons. The number of hydrogen-bond donors (Lipinski definition) is 1. The Morgan fingerprint density at radius 2 is 1.80 bits per heavy atom. The maximum atomic E-state index is 14.3. The summed E-state index contributed by atoms with van der Waals surface area (Å²) in [5, 5.41) is 3.59. The summed E-state index contributed by atoms with van der Waals surface area (Å²) < 4.78 is 48.1. The minimum absolute atomic E-state index is 0.184. The van der Waals surface area contributed by atoms with Crippen molar-refractivity contribution in [3.8, 4) is 22.6 Å². The van der Waals surface area contributed by atoms with Gasteiger partial charge in [-0.3, -0.25) is 0 Å². The van der Waals surface area contributed by atoms with E-state index >= 15 is 0 Å². The van der Waals surface area contributed by atoms with Crippen LogP contribution in [0.1, 0.15) is 30.5 Å². The second kappa shape index (κ2) is 8.02. The van der Waals surface area contributed by atoms with E-state index in [1.165, 1.54) is 6.07 Å². The highest BCUT2D eigenvalue weighted by Crippen LogP contribution is 2.50. The molecule has 0 unspecified atom stereocenters. The Morgan fingerprint density at radius 3 is 2.51 bits per heavy atom. The molecule has 0 spiro atoms. The third-order valence-electron chi connectivity index (χ3n) is 6.30. The van der Waals surface area contributed by atoms with E-state index in [1.807, 2.05) is 19.1 Å². The predicted molar refractivity (Wildman–Crippen MR) is 137 cm³/mol. The standard InChI is InChI=1S/C27H27FN2O4S/c1-16-6-7-17(28)12-23(16)30-15-21-19(10-11-22-26(21)24(30)14-27(2,3)29-22)20-9-8-18(13-25(20)33-4)34-35(5,31)32/h6-14,29H,15H2,1-5H3. The van der Waals surface area contributed by atoms with E-state index in [1.54, 1.807) is 37.4 Å². The van der Waals surface area contributed by atoms with Gasteiger partial charge >= 0.3 is 10.1 Å². The lowest BCUT2D eigenvalue weighted by atomic mass is 9.89. The van der Waals surface area contributed by atoms with Crippen LogP contribution in [0.25, 0.3) is 16.8 Å². The van der Waals surface area contributed by atoms with E-state index in [4.69, 9.17) is 8.92 Å². The van der Waals surface area contributed by atoms with Crippen molar-refractivity contribution in [2.24, 2.45) is 0 Å². The monoisotopic (exact) mass is 494 g/mol. The van der Waals surface area contributed by atoms with Crippen LogP contribution >= 0.6 is 0 Å². The maximum absolute atomic E-state index is 14.3. The molecule has 0 amide bonds. The van der Waals surface area contributed by atoms with Gasteiger partial charge in [-0.15, -0.1) is 0 Å². The SMILES string of the molecule is COc1cc(OS(C)(=O)=O)ccc1-c1ccc2c3c1CN(c1cc(F)ccc1C)C3=CC(C)(C)N2. The normalized spacial score (nSPS) is 15.8. The average molecular weight is 495 g/mol. The smallest absolute Gasteiger partial charge is 0.306 e. The van der Waals surface area contributed by atoms with E-state index in [9.17, 15) is 12.8 Å². The van der Waals surface area contributed by atoms with E-state index in [0.29, 0.717) is 12.3 Å². The van der Waals surface area contributed by atoms with Gasteiger partial charge < -0.3 is 19.1 Å². The summed E-state index contributed by atoms with van der Waals surface area (Å²) >= 11 is 0. The predicted octanol–water partition coefficient (Wildman–Crippen LogP) is 5.71. The first-order valence-corrected chi connectivity index (χ1v) is 13.1. The zero-order valence-electron chi connectivity index (χ0n) is 20.3. The topological polar surface area (TPSA) is 67.9 Å². The van der Waals surface area contributed by atoms with Crippen molar-refractivity contribution in [3.63, 3.8) is 0 Å². The molecular formula is C27H27FN2O4S. The Hall–Kier alpha value is -3.52. The third kappa shape index (κ3) is 4.23. The Balaban J connectivity index is 1.68. The Bertz CT molecular complexity index is 1500. The molecule has 0 fully saturated rings. The lowest BCUT2D eigenvalue weighted by molar-refractivity contribution is 0.413. The summed E-state index contributed by atoms with van der Waals surface area (Å²) in [7, 11) is -2.12. The van der Waals surface area contributed by atoms with Crippen LogP contribution in [-0.4, -0.2) is 27.3 Å². The molecule has 3 aromatic rings. The summed E-state index contributed by atoms with van der Waals surface area (Å²) in [4.78, 5) is 2.16. The fraction of sp³-hybridized carbons (Fsp3) is 0.259. The molecule has 5 rings (SSSR count). The first-order chi connectivity index (χ1) is 16.5. The largest absolute Gasteiger partial charge is 0.496 e. The number of halogens is 1. The Morgan fingerprint density at radius 1 is 1.06 bits per heavy atom. The van der Waals surface area contributed by atoms with Gasteiger partial charge in [-0.2, -0.15) is 8.42 Å². The molecule has 0 aromatic heterocycles. The fourth-order valence-electron chi connectivity index (χ4n) is 4.92. The highest BCUT2D eigenvalue weighted by molar-refractivity contribution is 7.86. The minimum atomic E-state index is -3.66. The molecule has 2 aliphatic rings. The molecule has 0 bridgehead atoms. The van der Waals surface area contributed by atoms with Gasteiger partial charge in [0.1, 0.15) is 17.3 Å². The molecule has 8 heteroatoms. The van der Waals surface area contributed by atoms with Crippen LogP contribution in [0.4, 0.5) is 15.8 Å². The molecular weight excluding hydrogens is 467 g/mol. The number of rotatable bonds is 5. The number of aryl methyl sites for hydroxylation is 1. The molecule has 0 aliphatic carbocycles. The van der Waals surface area contributed by atoms with E-state index in [-0.39, 0.29) is 17.1 Å². The zero-order chi connectivity index (χ0) is 25.1. The first-order valence-electron chi connectivity index (χ1n) is 11.2. The van der Waals surface area contributed by atoms with Gasteiger partial charge in [0.2, 0.25) is 0 Å². The van der Waals surface area contributed by atoms with E-state index in [0.717, 1.165) is 51.1 Å². The second-order valence-electron chi connectivity index (χ2n) is 9.56. The summed E-state index contributed by atoms with van der Waals surface area (Å²) in [6.07, 6.45) is 3.18. The third-order valence-corrected chi connectivity index (χ3v) is 6.80. The number of nitrogens with zero attached hydrogens (tertiary/aromatic N) is 1. The van der Waals surface area contributed by atoms with Crippen molar-refractivity contribution in [3.05, 3.63) is 77.1 Å². The van der Waals surface area contributed by atoms with Crippen LogP contribution in [0.5, 0.6) is 11.5 Å². The number of ether oxygens (including phenoxy) is 1. The number of methoxy groups -OCH3 is 1. The zero-order valence-corrected chi connectivity index (χ0v) is 21.1. The van der Waals surface area contributed by atoms with Gasteiger partial charge in [0.15, 0.2) is 0 Å². The minimum Gasteiger partial charge on any atom is -0.496 e. The average Bonchev–Trinajstić information content (AvgIpc) is 3.13. The van der Waals surface area contributed by atoms with Crippen LogP contribution < -0.4 is 19.1 Å². The quantitative estimate of drug-likeness (QED) is 0.458.